The van der Waals surface area contributed by atoms with E-state index in [0.717, 1.165) is 36.9 Å². The molecule has 2 aromatic heterocycles. The van der Waals surface area contributed by atoms with Gasteiger partial charge in [-0.1, -0.05) is 103 Å². The Morgan fingerprint density at radius 2 is 1.55 bits per heavy atom. The monoisotopic (exact) mass is 783 g/mol. The Morgan fingerprint density at radius 3 is 2.20 bits per heavy atom. The van der Waals surface area contributed by atoms with Crippen molar-refractivity contribution in [1.82, 2.24) is 4.98 Å². The van der Waals surface area contributed by atoms with Crippen molar-refractivity contribution in [2.75, 3.05) is 0 Å². The molecule has 1 N–H and O–H groups in total. The Labute approximate surface area is 280 Å². The van der Waals surface area contributed by atoms with Crippen LogP contribution in [0.2, 0.25) is 0 Å². The predicted molar refractivity (Wildman–Crippen MR) is 184 cm³/mol. The van der Waals surface area contributed by atoms with Crippen molar-refractivity contribution in [3.63, 3.8) is 0 Å². The molecule has 1 radical (unpaired) electrons. The van der Waals surface area contributed by atoms with E-state index in [1.54, 1.807) is 0 Å². The van der Waals surface area contributed by atoms with Crippen LogP contribution >= 0.6 is 11.3 Å². The number of hydrogen-bond donors (Lipinski definition) is 1. The van der Waals surface area contributed by atoms with Gasteiger partial charge in [-0.25, -0.2) is 0 Å². The number of aromatic nitrogens is 1. The SMILES string of the molecule is CC1(C)c2c([c-]cc3ccccc23)-c2nccc3sc4cccc1c4c23.CCC(C)(CC)C(=O)/C=C(\O)C(C)(CC)CC.[Ir]. The number of aliphatic hydroxyl groups is 1. The molecule has 0 fully saturated rings. The van der Waals surface area contributed by atoms with Gasteiger partial charge in [0.25, 0.3) is 0 Å². The van der Waals surface area contributed by atoms with Crippen molar-refractivity contribution >= 4 is 48.1 Å². The third-order valence-electron chi connectivity index (χ3n) is 10.4. The van der Waals surface area contributed by atoms with Crippen LogP contribution in [0.1, 0.15) is 92.2 Å². The van der Waals surface area contributed by atoms with Crippen LogP contribution in [0.15, 0.2) is 72.6 Å². The molecule has 0 spiro atoms. The van der Waals surface area contributed by atoms with Crippen LogP contribution in [-0.4, -0.2) is 15.9 Å². The molecular weight excluding hydrogens is 739 g/mol. The van der Waals surface area contributed by atoms with Crippen LogP contribution in [0.5, 0.6) is 0 Å². The second-order valence-corrected chi connectivity index (χ2v) is 14.1. The number of benzene rings is 3. The average Bonchev–Trinajstić information content (AvgIpc) is 3.38. The first kappa shape index (κ1) is 34.0. The standard InChI is InChI=1S/C24H16NS.C15H28O2.Ir/c1-24(2)17-8-5-9-18-20(17)21-19(26-18)12-13-25-23(21)16-11-10-14-6-3-4-7-15(14)22(16)24;1-7-14(5,8-2)12(16)11-13(17)15(6,9-3)10-4;/h3-10,12-13H,1-2H3;11,16H,7-10H2,1-6H3;/q-1;;/b;12-11-;. The van der Waals surface area contributed by atoms with Crippen LogP contribution < -0.4 is 0 Å². The summed E-state index contributed by atoms with van der Waals surface area (Å²) in [6.07, 6.45) is 6.70. The zero-order chi connectivity index (χ0) is 31.2. The molecule has 6 rings (SSSR count). The zero-order valence-electron chi connectivity index (χ0n) is 27.2. The van der Waals surface area contributed by atoms with Gasteiger partial charge in [0.2, 0.25) is 0 Å². The molecule has 0 aliphatic heterocycles. The van der Waals surface area contributed by atoms with E-state index in [2.05, 4.69) is 74.5 Å². The van der Waals surface area contributed by atoms with Crippen molar-refractivity contribution < 1.29 is 30.0 Å². The minimum atomic E-state index is -0.337. The van der Waals surface area contributed by atoms with Gasteiger partial charge in [-0.2, -0.15) is 0 Å². The molecule has 5 aromatic rings. The number of ketones is 1. The summed E-state index contributed by atoms with van der Waals surface area (Å²) >= 11 is 1.86. The number of nitrogens with zero attached hydrogens (tertiary/aromatic N) is 1. The molecule has 0 atom stereocenters. The number of pyridine rings is 1. The molecule has 5 heteroatoms. The fourth-order valence-corrected chi connectivity index (χ4v) is 7.46. The molecule has 0 amide bonds. The maximum atomic E-state index is 12.2. The van der Waals surface area contributed by atoms with Crippen molar-refractivity contribution in [3.8, 4) is 11.3 Å². The molecular formula is C39H44IrNO2S-. The molecule has 233 valence electrons. The molecule has 44 heavy (non-hydrogen) atoms. The fourth-order valence-electron chi connectivity index (χ4n) is 6.33. The third kappa shape index (κ3) is 5.57. The van der Waals surface area contributed by atoms with Gasteiger partial charge in [0, 0.05) is 52.6 Å². The largest absolute Gasteiger partial charge is 0.512 e. The van der Waals surface area contributed by atoms with Gasteiger partial charge in [-0.3, -0.25) is 4.79 Å². The van der Waals surface area contributed by atoms with E-state index >= 15 is 0 Å². The van der Waals surface area contributed by atoms with Gasteiger partial charge in [0.1, 0.15) is 5.76 Å². The quantitative estimate of drug-likeness (QED) is 0.102. The molecule has 0 unspecified atom stereocenters. The molecule has 0 saturated heterocycles. The van der Waals surface area contributed by atoms with E-state index in [1.807, 2.05) is 59.1 Å². The molecule has 1 aliphatic carbocycles. The van der Waals surface area contributed by atoms with E-state index in [-0.39, 0.29) is 47.9 Å². The van der Waals surface area contributed by atoms with Crippen molar-refractivity contribution in [2.45, 2.75) is 86.5 Å². The first-order chi connectivity index (χ1) is 20.5. The molecule has 3 nitrogen and oxygen atoms in total. The number of hydrogen-bond acceptors (Lipinski definition) is 4. The zero-order valence-corrected chi connectivity index (χ0v) is 30.4. The summed E-state index contributed by atoms with van der Waals surface area (Å²) in [6, 6.07) is 23.2. The van der Waals surface area contributed by atoms with E-state index in [4.69, 9.17) is 4.98 Å². The summed E-state index contributed by atoms with van der Waals surface area (Å²) in [5.74, 6) is 0.286. The smallest absolute Gasteiger partial charge is 0.164 e. The third-order valence-corrected chi connectivity index (χ3v) is 11.5. The Kier molecular flexibility index (Phi) is 9.95. The van der Waals surface area contributed by atoms with Crippen LogP contribution in [0.4, 0.5) is 0 Å². The van der Waals surface area contributed by atoms with Crippen molar-refractivity contribution in [2.24, 2.45) is 10.8 Å². The normalized spacial score (nSPS) is 14.1. The van der Waals surface area contributed by atoms with Crippen LogP contribution in [-0.2, 0) is 30.3 Å². The summed E-state index contributed by atoms with van der Waals surface area (Å²) in [7, 11) is 0. The number of fused-ring (bicyclic) bond motifs is 4. The summed E-state index contributed by atoms with van der Waals surface area (Å²) in [6.45, 7) is 16.8. The number of carbonyl (C=O) groups is 1. The number of aliphatic hydroxyl groups excluding tert-OH is 1. The summed E-state index contributed by atoms with van der Waals surface area (Å²) < 4.78 is 2.65. The Balaban J connectivity index is 0.000000218. The first-order valence-corrected chi connectivity index (χ1v) is 16.5. The molecule has 2 heterocycles. The number of carbonyl (C=O) groups excluding carboxylic acids is 1. The van der Waals surface area contributed by atoms with E-state index in [9.17, 15) is 9.90 Å². The molecule has 0 saturated carbocycles. The Bertz CT molecular complexity index is 1860. The van der Waals surface area contributed by atoms with Gasteiger partial charge in [0.15, 0.2) is 5.78 Å². The summed E-state index contributed by atoms with van der Waals surface area (Å²) in [4.78, 5) is 17.0. The average molecular weight is 783 g/mol. The fraction of sp³-hybridized carbons (Fsp3) is 0.385. The van der Waals surface area contributed by atoms with Gasteiger partial charge in [0.05, 0.1) is 0 Å². The number of thiophene rings is 1. The topological polar surface area (TPSA) is 50.2 Å². The van der Waals surface area contributed by atoms with E-state index in [1.165, 1.54) is 48.1 Å². The van der Waals surface area contributed by atoms with Gasteiger partial charge in [-0.05, 0) is 65.3 Å². The first-order valence-electron chi connectivity index (χ1n) is 15.7. The Hall–Kier alpha value is -2.85. The van der Waals surface area contributed by atoms with Crippen molar-refractivity contribution in [1.29, 1.82) is 0 Å². The summed E-state index contributed by atoms with van der Waals surface area (Å²) in [5.41, 5.74) is 4.22. The maximum absolute atomic E-state index is 12.2. The molecule has 0 bridgehead atoms. The van der Waals surface area contributed by atoms with Crippen LogP contribution in [0, 0.1) is 16.9 Å². The second-order valence-electron chi connectivity index (χ2n) is 13.0. The van der Waals surface area contributed by atoms with E-state index < -0.39 is 0 Å². The Morgan fingerprint density at radius 1 is 0.909 bits per heavy atom. The van der Waals surface area contributed by atoms with E-state index in [0.29, 0.717) is 0 Å². The van der Waals surface area contributed by atoms with Crippen LogP contribution in [0.25, 0.3) is 42.2 Å². The minimum absolute atomic E-state index is 0. The van der Waals surface area contributed by atoms with Gasteiger partial charge in [-0.15, -0.1) is 34.6 Å². The predicted octanol–water partition coefficient (Wildman–Crippen LogP) is 11.4. The van der Waals surface area contributed by atoms with Crippen molar-refractivity contribution in [3.05, 3.63) is 89.8 Å². The van der Waals surface area contributed by atoms with Gasteiger partial charge >= 0.3 is 0 Å². The minimum Gasteiger partial charge on any atom is -0.512 e. The van der Waals surface area contributed by atoms with Gasteiger partial charge < -0.3 is 10.1 Å². The maximum Gasteiger partial charge on any atom is 0.164 e. The summed E-state index contributed by atoms with van der Waals surface area (Å²) in [5, 5.41) is 15.3. The molecule has 3 aromatic carbocycles. The second kappa shape index (κ2) is 12.9. The van der Waals surface area contributed by atoms with Crippen LogP contribution in [0.3, 0.4) is 0 Å². The molecule has 1 aliphatic rings. The number of rotatable bonds is 7. The number of allylic oxidation sites excluding steroid dienone is 2.